The van der Waals surface area contributed by atoms with Crippen molar-refractivity contribution in [3.8, 4) is 11.5 Å². The number of aliphatic carboxylic acids is 1. The number of carbonyl (C=O) groups is 3. The van der Waals surface area contributed by atoms with Crippen LogP contribution in [0.25, 0.3) is 6.08 Å². The Bertz CT molecular complexity index is 974. The molecule has 8 nitrogen and oxygen atoms in total. The number of carboxylic acids is 1. The molecule has 0 saturated carbocycles. The minimum atomic E-state index is -1.17. The van der Waals surface area contributed by atoms with E-state index < -0.39 is 24.4 Å². The van der Waals surface area contributed by atoms with E-state index in [1.807, 2.05) is 0 Å². The summed E-state index contributed by atoms with van der Waals surface area (Å²) in [5, 5.41) is 10.0. The lowest BCUT2D eigenvalue weighted by Crippen LogP contribution is -2.35. The molecule has 144 valence electrons. The quantitative estimate of drug-likeness (QED) is 0.521. The summed E-state index contributed by atoms with van der Waals surface area (Å²) in [5.74, 6) is -1.93. The molecule has 1 fully saturated rings. The first-order chi connectivity index (χ1) is 13.4. The van der Waals surface area contributed by atoms with Crippen LogP contribution < -0.4 is 19.9 Å². The maximum atomic E-state index is 12.7. The minimum Gasteiger partial charge on any atom is -0.493 e. The zero-order valence-corrected chi connectivity index (χ0v) is 16.2. The number of amides is 2. The predicted molar refractivity (Wildman–Crippen MR) is 104 cm³/mol. The van der Waals surface area contributed by atoms with Crippen molar-refractivity contribution in [1.82, 2.24) is 5.43 Å². The number of para-hydroxylation sites is 1. The summed E-state index contributed by atoms with van der Waals surface area (Å²) >= 11 is 3.32. The summed E-state index contributed by atoms with van der Waals surface area (Å²) in [7, 11) is 1.40. The number of carboxylic acid groups (broad SMARTS) is 1. The van der Waals surface area contributed by atoms with Gasteiger partial charge in [0.1, 0.15) is 5.57 Å². The van der Waals surface area contributed by atoms with Crippen molar-refractivity contribution in [3.05, 3.63) is 58.1 Å². The van der Waals surface area contributed by atoms with E-state index in [4.69, 9.17) is 14.6 Å². The first-order valence-corrected chi connectivity index (χ1v) is 8.84. The predicted octanol–water partition coefficient (Wildman–Crippen LogP) is 2.38. The summed E-state index contributed by atoms with van der Waals surface area (Å²) in [6.45, 7) is -0.607. The van der Waals surface area contributed by atoms with Crippen LogP contribution >= 0.6 is 15.9 Å². The number of carbonyl (C=O) groups excluding carboxylic acids is 2. The molecular formula is C19H15BrN2O6. The van der Waals surface area contributed by atoms with Gasteiger partial charge in [-0.3, -0.25) is 15.0 Å². The summed E-state index contributed by atoms with van der Waals surface area (Å²) in [6.07, 6.45) is 1.34. The van der Waals surface area contributed by atoms with Gasteiger partial charge in [0, 0.05) is 10.0 Å². The Morgan fingerprint density at radius 1 is 1.25 bits per heavy atom. The molecule has 0 bridgehead atoms. The largest absolute Gasteiger partial charge is 0.493 e. The topological polar surface area (TPSA) is 105 Å². The second-order valence-corrected chi connectivity index (χ2v) is 6.60. The van der Waals surface area contributed by atoms with Crippen LogP contribution in [0, 0.1) is 0 Å². The smallest absolute Gasteiger partial charge is 0.341 e. The van der Waals surface area contributed by atoms with Crippen molar-refractivity contribution in [2.45, 2.75) is 0 Å². The summed E-state index contributed by atoms with van der Waals surface area (Å²) < 4.78 is 11.2. The molecular weight excluding hydrogens is 432 g/mol. The SMILES string of the molecule is COc1cc(Br)cc(/C=C2\C(=O)NN(c3ccccc3)C2=O)c1OCC(=O)O. The Labute approximate surface area is 168 Å². The van der Waals surface area contributed by atoms with Gasteiger partial charge in [-0.25, -0.2) is 9.80 Å². The molecule has 2 N–H and O–H groups in total. The van der Waals surface area contributed by atoms with E-state index in [9.17, 15) is 14.4 Å². The first kappa shape index (κ1) is 19.4. The normalized spacial score (nSPS) is 14.9. The summed E-state index contributed by atoms with van der Waals surface area (Å²) in [5.41, 5.74) is 3.21. The number of hydrazine groups is 1. The molecule has 3 rings (SSSR count). The molecule has 1 heterocycles. The Balaban J connectivity index is 2.02. The molecule has 0 aliphatic carbocycles. The number of ether oxygens (including phenoxy) is 2. The van der Waals surface area contributed by atoms with Crippen LogP contribution in [-0.4, -0.2) is 36.6 Å². The number of anilines is 1. The molecule has 0 unspecified atom stereocenters. The van der Waals surface area contributed by atoms with Crippen LogP contribution in [0.2, 0.25) is 0 Å². The van der Waals surface area contributed by atoms with Crippen molar-refractivity contribution in [2.75, 3.05) is 18.7 Å². The third-order valence-corrected chi connectivity index (χ3v) is 4.27. The molecule has 2 aromatic carbocycles. The maximum absolute atomic E-state index is 12.7. The fourth-order valence-electron chi connectivity index (χ4n) is 2.61. The van der Waals surface area contributed by atoms with E-state index in [-0.39, 0.29) is 17.1 Å². The van der Waals surface area contributed by atoms with Gasteiger partial charge in [-0.2, -0.15) is 0 Å². The number of rotatable bonds is 6. The molecule has 1 aliphatic rings. The third-order valence-electron chi connectivity index (χ3n) is 3.81. The first-order valence-electron chi connectivity index (χ1n) is 8.05. The van der Waals surface area contributed by atoms with Crippen LogP contribution in [0.4, 0.5) is 5.69 Å². The third kappa shape index (κ3) is 3.99. The lowest BCUT2D eigenvalue weighted by molar-refractivity contribution is -0.139. The van der Waals surface area contributed by atoms with Crippen LogP contribution in [0.5, 0.6) is 11.5 Å². The second kappa shape index (κ2) is 8.13. The average Bonchev–Trinajstić information content (AvgIpc) is 2.95. The van der Waals surface area contributed by atoms with Crippen molar-refractivity contribution in [2.24, 2.45) is 0 Å². The van der Waals surface area contributed by atoms with Gasteiger partial charge in [0.15, 0.2) is 18.1 Å². The standard InChI is InChI=1S/C19H15BrN2O6/c1-27-15-9-12(20)7-11(17(15)28-10-16(23)24)8-14-18(25)21-22(19(14)26)13-5-3-2-4-6-13/h2-9H,10H2,1H3,(H,21,25)(H,23,24)/b14-8+. The van der Waals surface area contributed by atoms with E-state index in [0.29, 0.717) is 15.7 Å². The highest BCUT2D eigenvalue weighted by Gasteiger charge is 2.34. The maximum Gasteiger partial charge on any atom is 0.341 e. The van der Waals surface area contributed by atoms with Crippen LogP contribution in [0.3, 0.4) is 0 Å². The monoisotopic (exact) mass is 446 g/mol. The molecule has 0 atom stereocenters. The molecule has 2 amide bonds. The molecule has 0 radical (unpaired) electrons. The summed E-state index contributed by atoms with van der Waals surface area (Å²) in [4.78, 5) is 36.0. The van der Waals surface area contributed by atoms with E-state index in [1.165, 1.54) is 13.2 Å². The Morgan fingerprint density at radius 3 is 2.61 bits per heavy atom. The fraction of sp³-hybridized carbons (Fsp3) is 0.105. The van der Waals surface area contributed by atoms with E-state index in [0.717, 1.165) is 5.01 Å². The average molecular weight is 447 g/mol. The zero-order valence-electron chi connectivity index (χ0n) is 14.6. The zero-order chi connectivity index (χ0) is 20.3. The van der Waals surface area contributed by atoms with E-state index in [2.05, 4.69) is 21.4 Å². The Hall–Kier alpha value is -3.33. The lowest BCUT2D eigenvalue weighted by Gasteiger charge is -2.14. The molecule has 1 aliphatic heterocycles. The lowest BCUT2D eigenvalue weighted by atomic mass is 10.1. The van der Waals surface area contributed by atoms with Crippen LogP contribution in [0.15, 0.2) is 52.5 Å². The molecule has 1 saturated heterocycles. The van der Waals surface area contributed by atoms with Gasteiger partial charge < -0.3 is 14.6 Å². The van der Waals surface area contributed by atoms with Crippen molar-refractivity contribution in [3.63, 3.8) is 0 Å². The van der Waals surface area contributed by atoms with Gasteiger partial charge in [0.25, 0.3) is 11.8 Å². The van der Waals surface area contributed by atoms with E-state index >= 15 is 0 Å². The molecule has 0 aromatic heterocycles. The van der Waals surface area contributed by atoms with Gasteiger partial charge in [0.05, 0.1) is 12.8 Å². The number of nitrogens with one attached hydrogen (secondary N) is 1. The van der Waals surface area contributed by atoms with Gasteiger partial charge >= 0.3 is 5.97 Å². The Morgan fingerprint density at radius 2 is 1.96 bits per heavy atom. The highest BCUT2D eigenvalue weighted by molar-refractivity contribution is 9.10. The fourth-order valence-corrected chi connectivity index (χ4v) is 3.06. The number of hydrogen-bond donors (Lipinski definition) is 2. The highest BCUT2D eigenvalue weighted by Crippen LogP contribution is 2.37. The highest BCUT2D eigenvalue weighted by atomic mass is 79.9. The second-order valence-electron chi connectivity index (χ2n) is 5.68. The van der Waals surface area contributed by atoms with Crippen LogP contribution in [-0.2, 0) is 14.4 Å². The number of benzene rings is 2. The van der Waals surface area contributed by atoms with Crippen molar-refractivity contribution in [1.29, 1.82) is 0 Å². The van der Waals surface area contributed by atoms with E-state index in [1.54, 1.807) is 42.5 Å². The number of hydrogen-bond acceptors (Lipinski definition) is 5. The molecule has 9 heteroatoms. The van der Waals surface area contributed by atoms with Gasteiger partial charge in [-0.05, 0) is 30.3 Å². The van der Waals surface area contributed by atoms with Gasteiger partial charge in [0.2, 0.25) is 0 Å². The van der Waals surface area contributed by atoms with Gasteiger partial charge in [-0.15, -0.1) is 0 Å². The van der Waals surface area contributed by atoms with Gasteiger partial charge in [-0.1, -0.05) is 34.1 Å². The van der Waals surface area contributed by atoms with Crippen molar-refractivity contribution >= 4 is 45.5 Å². The number of nitrogens with zero attached hydrogens (tertiary/aromatic N) is 1. The molecule has 2 aromatic rings. The summed E-state index contributed by atoms with van der Waals surface area (Å²) in [6, 6.07) is 11.8. The minimum absolute atomic E-state index is 0.111. The number of halogens is 1. The molecule has 28 heavy (non-hydrogen) atoms. The number of methoxy groups -OCH3 is 1. The molecule has 0 spiro atoms. The van der Waals surface area contributed by atoms with Crippen LogP contribution in [0.1, 0.15) is 5.56 Å². The Kier molecular flexibility index (Phi) is 5.65. The van der Waals surface area contributed by atoms with Crippen molar-refractivity contribution < 1.29 is 29.0 Å².